The maximum Gasteiger partial charge on any atom is 0.337 e. The summed E-state index contributed by atoms with van der Waals surface area (Å²) < 4.78 is 36.1. The monoisotopic (exact) mass is 581 g/mol. The molecule has 0 bridgehead atoms. The molecule has 3 aromatic heterocycles. The Balaban J connectivity index is 1.18. The zero-order valence-corrected chi connectivity index (χ0v) is 22.9. The Morgan fingerprint density at radius 3 is 2.65 bits per heavy atom. The predicted molar refractivity (Wildman–Crippen MR) is 148 cm³/mol. The van der Waals surface area contributed by atoms with E-state index in [2.05, 4.69) is 21.0 Å². The molecule has 0 aliphatic heterocycles. The predicted octanol–water partition coefficient (Wildman–Crippen LogP) is 5.38. The number of nitrogens with zero attached hydrogens (tertiary/aromatic N) is 7. The van der Waals surface area contributed by atoms with E-state index < -0.39 is 23.0 Å². The van der Waals surface area contributed by atoms with Gasteiger partial charge in [-0.05, 0) is 61.8 Å². The van der Waals surface area contributed by atoms with E-state index in [0.29, 0.717) is 42.8 Å². The lowest BCUT2D eigenvalue weighted by Crippen LogP contribution is -2.17. The minimum Gasteiger partial charge on any atom is -0.478 e. The van der Waals surface area contributed by atoms with E-state index in [1.807, 2.05) is 16.7 Å². The maximum atomic E-state index is 14.4. The van der Waals surface area contributed by atoms with Gasteiger partial charge in [0.15, 0.2) is 11.5 Å². The van der Waals surface area contributed by atoms with Crippen LogP contribution in [0.1, 0.15) is 65.2 Å². The first-order valence-electron chi connectivity index (χ1n) is 13.8. The Hall–Kier alpha value is -5.23. The van der Waals surface area contributed by atoms with Crippen LogP contribution in [0.15, 0.2) is 42.7 Å². The van der Waals surface area contributed by atoms with E-state index in [1.165, 1.54) is 24.4 Å². The number of carboxylic acids is 1. The van der Waals surface area contributed by atoms with Gasteiger partial charge in [-0.25, -0.2) is 24.1 Å². The molecule has 6 rings (SSSR count). The number of aromatic carboxylic acids is 1. The van der Waals surface area contributed by atoms with Crippen LogP contribution in [-0.2, 0) is 19.6 Å². The summed E-state index contributed by atoms with van der Waals surface area (Å²) in [5.41, 5.74) is 1.86. The highest BCUT2D eigenvalue weighted by Gasteiger charge is 2.44. The van der Waals surface area contributed by atoms with Gasteiger partial charge in [-0.3, -0.25) is 0 Å². The number of ether oxygens (including phenoxy) is 1. The fourth-order valence-corrected chi connectivity index (χ4v) is 5.28. The summed E-state index contributed by atoms with van der Waals surface area (Å²) in [7, 11) is 0. The van der Waals surface area contributed by atoms with Gasteiger partial charge in [0.1, 0.15) is 23.8 Å². The Kier molecular flexibility index (Phi) is 7.28. The van der Waals surface area contributed by atoms with Crippen molar-refractivity contribution in [3.63, 3.8) is 0 Å². The minimum atomic E-state index is -1.08. The highest BCUT2D eigenvalue weighted by Crippen LogP contribution is 2.47. The summed E-state index contributed by atoms with van der Waals surface area (Å²) in [5.74, 6) is -1.45. The molecule has 0 spiro atoms. The van der Waals surface area contributed by atoms with E-state index in [-0.39, 0.29) is 35.1 Å². The third-order valence-electron chi connectivity index (χ3n) is 8.00. The van der Waals surface area contributed by atoms with E-state index in [9.17, 15) is 23.9 Å². The fraction of sp³-hybridized carbons (Fsp3) is 0.323. The summed E-state index contributed by atoms with van der Waals surface area (Å²) in [4.78, 5) is 29.0. The maximum absolute atomic E-state index is 14.4. The first-order chi connectivity index (χ1) is 20.8. The van der Waals surface area contributed by atoms with Gasteiger partial charge in [0.25, 0.3) is 5.88 Å². The molecule has 1 saturated carbocycles. The fourth-order valence-electron chi connectivity index (χ4n) is 5.28. The molecule has 2 aliphatic rings. The summed E-state index contributed by atoms with van der Waals surface area (Å²) in [6.07, 6.45) is 8.66. The van der Waals surface area contributed by atoms with Crippen LogP contribution in [-0.4, -0.2) is 35.6 Å². The topological polar surface area (TPSA) is 151 Å². The van der Waals surface area contributed by atoms with Crippen LogP contribution in [0.4, 0.5) is 8.78 Å². The van der Waals surface area contributed by atoms with Crippen LogP contribution >= 0.6 is 0 Å². The molecule has 0 amide bonds. The lowest BCUT2D eigenvalue weighted by molar-refractivity contribution is 0.0696. The standard InChI is InChI=1S/C31H25F2N7O3/c32-23-9-19(12-34)3-6-21(23)15-43-29-24(33)14-36-27(39-29)20-4-1-18(2-5-20)10-26-38-25-11-22(30(41)42)13-37-28(25)40(26)17-31(16-35)7-8-31/h3-4,6,9,11,13-14,18H,1-2,5,7-8,10,15,17H2,(H,41,42). The molecule has 1 unspecified atom stereocenters. The van der Waals surface area contributed by atoms with Gasteiger partial charge in [0, 0.05) is 24.7 Å². The van der Waals surface area contributed by atoms with Gasteiger partial charge in [-0.1, -0.05) is 12.1 Å². The largest absolute Gasteiger partial charge is 0.478 e. The Bertz CT molecular complexity index is 1870. The molecule has 3 heterocycles. The van der Waals surface area contributed by atoms with Crippen LogP contribution in [0.5, 0.6) is 5.88 Å². The molecule has 10 nitrogen and oxygen atoms in total. The highest BCUT2D eigenvalue weighted by molar-refractivity contribution is 5.90. The average Bonchev–Trinajstić information content (AvgIpc) is 3.72. The SMILES string of the molecule is N#Cc1ccc(COc2nc(C3=CCC(Cc4nc5cc(C(=O)O)cnc5n4CC4(C#N)CC4)CC3)ncc2F)c(F)c1. The first-order valence-corrected chi connectivity index (χ1v) is 13.8. The highest BCUT2D eigenvalue weighted by atomic mass is 19.1. The van der Waals surface area contributed by atoms with Crippen molar-refractivity contribution in [3.05, 3.63) is 82.7 Å². The normalized spacial score (nSPS) is 17.1. The second-order valence-corrected chi connectivity index (χ2v) is 11.0. The van der Waals surface area contributed by atoms with E-state index in [4.69, 9.17) is 15.0 Å². The van der Waals surface area contributed by atoms with Crippen molar-refractivity contribution in [3.8, 4) is 18.0 Å². The third kappa shape index (κ3) is 5.77. The summed E-state index contributed by atoms with van der Waals surface area (Å²) >= 11 is 0. The van der Waals surface area contributed by atoms with Gasteiger partial charge in [0.2, 0.25) is 5.82 Å². The van der Waals surface area contributed by atoms with E-state index in [1.54, 1.807) is 0 Å². The lowest BCUT2D eigenvalue weighted by Gasteiger charge is -2.22. The lowest BCUT2D eigenvalue weighted by atomic mass is 9.87. The van der Waals surface area contributed by atoms with Crippen molar-refractivity contribution in [2.24, 2.45) is 11.3 Å². The van der Waals surface area contributed by atoms with Gasteiger partial charge in [-0.2, -0.15) is 19.9 Å². The smallest absolute Gasteiger partial charge is 0.337 e. The van der Waals surface area contributed by atoms with Gasteiger partial charge >= 0.3 is 5.97 Å². The summed E-state index contributed by atoms with van der Waals surface area (Å²) in [5, 5.41) is 28.0. The number of allylic oxidation sites excluding steroid dienone is 2. The molecule has 4 aromatic rings. The van der Waals surface area contributed by atoms with Crippen molar-refractivity contribution in [1.29, 1.82) is 10.5 Å². The number of carboxylic acid groups (broad SMARTS) is 1. The zero-order valence-electron chi connectivity index (χ0n) is 22.9. The molecule has 43 heavy (non-hydrogen) atoms. The van der Waals surface area contributed by atoms with Crippen LogP contribution in [0.2, 0.25) is 0 Å². The van der Waals surface area contributed by atoms with Crippen LogP contribution in [0.3, 0.4) is 0 Å². The first kappa shape index (κ1) is 27.9. The number of imidazole rings is 1. The number of benzene rings is 1. The molecule has 0 saturated heterocycles. The molecule has 12 heteroatoms. The molecule has 0 radical (unpaired) electrons. The summed E-state index contributed by atoms with van der Waals surface area (Å²) in [6.45, 7) is 0.198. The van der Waals surface area contributed by atoms with Crippen molar-refractivity contribution < 1.29 is 23.4 Å². The molecular formula is C31H25F2N7O3. The number of pyridine rings is 1. The molecule has 1 fully saturated rings. The molecule has 1 aromatic carbocycles. The van der Waals surface area contributed by atoms with Crippen LogP contribution in [0.25, 0.3) is 16.7 Å². The quantitative estimate of drug-likeness (QED) is 0.275. The van der Waals surface area contributed by atoms with Gasteiger partial charge in [-0.15, -0.1) is 0 Å². The number of carbonyl (C=O) groups is 1. The number of rotatable bonds is 9. The second-order valence-electron chi connectivity index (χ2n) is 11.0. The number of hydrogen-bond donors (Lipinski definition) is 1. The zero-order chi connectivity index (χ0) is 30.1. The number of hydrogen-bond acceptors (Lipinski definition) is 8. The molecule has 1 atom stereocenters. The third-order valence-corrected chi connectivity index (χ3v) is 8.00. The van der Waals surface area contributed by atoms with Crippen molar-refractivity contribution >= 4 is 22.7 Å². The Morgan fingerprint density at radius 1 is 1.14 bits per heavy atom. The average molecular weight is 582 g/mol. The van der Waals surface area contributed by atoms with Crippen molar-refractivity contribution in [2.45, 2.75) is 51.7 Å². The number of nitriles is 2. The second kappa shape index (κ2) is 11.2. The number of fused-ring (bicyclic) bond motifs is 1. The number of aromatic nitrogens is 5. The molecule has 1 N–H and O–H groups in total. The molecule has 216 valence electrons. The summed E-state index contributed by atoms with van der Waals surface area (Å²) in [6, 6.07) is 9.75. The number of halogens is 2. The van der Waals surface area contributed by atoms with Crippen molar-refractivity contribution in [2.75, 3.05) is 0 Å². The molecular weight excluding hydrogens is 556 g/mol. The van der Waals surface area contributed by atoms with Crippen LogP contribution < -0.4 is 4.74 Å². The van der Waals surface area contributed by atoms with Gasteiger partial charge < -0.3 is 14.4 Å². The van der Waals surface area contributed by atoms with Crippen molar-refractivity contribution in [1.82, 2.24) is 24.5 Å². The van der Waals surface area contributed by atoms with Crippen LogP contribution in [0, 0.1) is 45.6 Å². The molecule has 2 aliphatic carbocycles. The Labute approximate surface area is 244 Å². The van der Waals surface area contributed by atoms with E-state index in [0.717, 1.165) is 42.9 Å². The Morgan fingerprint density at radius 2 is 1.98 bits per heavy atom. The minimum absolute atomic E-state index is 0.0556. The van der Waals surface area contributed by atoms with E-state index >= 15 is 0 Å². The van der Waals surface area contributed by atoms with Gasteiger partial charge in [0.05, 0.1) is 34.9 Å².